The molecule has 28 heavy (non-hydrogen) atoms. The Kier molecular flexibility index (Phi) is 5.67. The van der Waals surface area contributed by atoms with E-state index in [0.717, 1.165) is 48.1 Å². The van der Waals surface area contributed by atoms with Gasteiger partial charge in [-0.05, 0) is 37.5 Å². The maximum Gasteiger partial charge on any atom is 0.247 e. The van der Waals surface area contributed by atoms with Crippen LogP contribution in [0.3, 0.4) is 0 Å². The van der Waals surface area contributed by atoms with Crippen molar-refractivity contribution in [1.29, 1.82) is 0 Å². The molecule has 0 radical (unpaired) electrons. The quantitative estimate of drug-likeness (QED) is 0.567. The van der Waals surface area contributed by atoms with Gasteiger partial charge in [0.15, 0.2) is 0 Å². The second-order valence-electron chi connectivity index (χ2n) is 7.48. The predicted octanol–water partition coefficient (Wildman–Crippen LogP) is 5.71. The van der Waals surface area contributed by atoms with Gasteiger partial charge in [0.2, 0.25) is 5.91 Å². The number of halogens is 1. The van der Waals surface area contributed by atoms with Crippen molar-refractivity contribution in [2.45, 2.75) is 45.1 Å². The first-order chi connectivity index (χ1) is 13.7. The minimum absolute atomic E-state index is 0.184. The van der Waals surface area contributed by atoms with Crippen LogP contribution in [0.4, 0.5) is 0 Å². The molecule has 4 nitrogen and oxygen atoms in total. The van der Waals surface area contributed by atoms with Gasteiger partial charge in [-0.15, -0.1) is 0 Å². The molecule has 0 N–H and O–H groups in total. The molecular weight excluding hydrogens is 370 g/mol. The SMILES string of the molecule is CC[C@H](C(=O)N1CCCCCC1)n1nc(-c2ccccc2)c2cc(Cl)ccc21. The Labute approximate surface area is 171 Å². The number of amides is 1. The van der Waals surface area contributed by atoms with Crippen LogP contribution in [0.5, 0.6) is 0 Å². The molecule has 1 fully saturated rings. The first kappa shape index (κ1) is 19.0. The van der Waals surface area contributed by atoms with Crippen LogP contribution in [0.1, 0.15) is 45.1 Å². The van der Waals surface area contributed by atoms with Gasteiger partial charge in [0.1, 0.15) is 11.7 Å². The van der Waals surface area contributed by atoms with Crippen LogP contribution < -0.4 is 0 Å². The normalized spacial score (nSPS) is 16.1. The van der Waals surface area contributed by atoms with Gasteiger partial charge >= 0.3 is 0 Å². The molecule has 1 aromatic heterocycles. The second kappa shape index (κ2) is 8.36. The number of fused-ring (bicyclic) bond motifs is 1. The average molecular weight is 396 g/mol. The van der Waals surface area contributed by atoms with Crippen molar-refractivity contribution in [3.63, 3.8) is 0 Å². The lowest BCUT2D eigenvalue weighted by Crippen LogP contribution is -2.38. The van der Waals surface area contributed by atoms with Crippen molar-refractivity contribution < 1.29 is 4.79 Å². The number of aromatic nitrogens is 2. The fourth-order valence-electron chi connectivity index (χ4n) is 4.11. The molecular formula is C23H26ClN3O. The Balaban J connectivity index is 1.79. The molecule has 4 rings (SSSR count). The van der Waals surface area contributed by atoms with Crippen molar-refractivity contribution >= 4 is 28.4 Å². The zero-order valence-corrected chi connectivity index (χ0v) is 17.0. The Hall–Kier alpha value is -2.33. The van der Waals surface area contributed by atoms with Gasteiger partial charge in [-0.25, -0.2) is 0 Å². The number of carbonyl (C=O) groups is 1. The van der Waals surface area contributed by atoms with E-state index in [4.69, 9.17) is 16.7 Å². The summed E-state index contributed by atoms with van der Waals surface area (Å²) in [7, 11) is 0. The molecule has 2 heterocycles. The fourth-order valence-corrected chi connectivity index (χ4v) is 4.29. The first-order valence-electron chi connectivity index (χ1n) is 10.2. The van der Waals surface area contributed by atoms with Crippen LogP contribution in [0.15, 0.2) is 48.5 Å². The van der Waals surface area contributed by atoms with Gasteiger partial charge in [0, 0.05) is 29.1 Å². The monoisotopic (exact) mass is 395 g/mol. The summed E-state index contributed by atoms with van der Waals surface area (Å²) in [6.45, 7) is 3.77. The van der Waals surface area contributed by atoms with Crippen molar-refractivity contribution in [3.05, 3.63) is 53.6 Å². The van der Waals surface area contributed by atoms with E-state index in [-0.39, 0.29) is 11.9 Å². The minimum atomic E-state index is -0.292. The molecule has 1 atom stereocenters. The van der Waals surface area contributed by atoms with E-state index in [9.17, 15) is 4.79 Å². The largest absolute Gasteiger partial charge is 0.341 e. The number of carbonyl (C=O) groups excluding carboxylic acids is 1. The number of benzene rings is 2. The summed E-state index contributed by atoms with van der Waals surface area (Å²) in [5.41, 5.74) is 2.86. The van der Waals surface area contributed by atoms with E-state index >= 15 is 0 Å². The van der Waals surface area contributed by atoms with Crippen LogP contribution >= 0.6 is 11.6 Å². The molecule has 0 saturated carbocycles. The predicted molar refractivity (Wildman–Crippen MR) is 115 cm³/mol. The molecule has 3 aromatic rings. The first-order valence-corrected chi connectivity index (χ1v) is 10.6. The molecule has 5 heteroatoms. The topological polar surface area (TPSA) is 38.1 Å². The summed E-state index contributed by atoms with van der Waals surface area (Å²) in [5.74, 6) is 0.184. The number of hydrogen-bond donors (Lipinski definition) is 0. The number of nitrogens with zero attached hydrogens (tertiary/aromatic N) is 3. The maximum atomic E-state index is 13.4. The third kappa shape index (κ3) is 3.66. The fraction of sp³-hybridized carbons (Fsp3) is 0.391. The Bertz CT molecular complexity index is 959. The summed E-state index contributed by atoms with van der Waals surface area (Å²) in [6, 6.07) is 15.6. The third-order valence-corrected chi connectivity index (χ3v) is 5.84. The molecule has 0 spiro atoms. The van der Waals surface area contributed by atoms with Crippen molar-refractivity contribution in [1.82, 2.24) is 14.7 Å². The molecule has 0 aliphatic carbocycles. The molecule has 1 amide bonds. The van der Waals surface area contributed by atoms with Crippen molar-refractivity contribution in [2.75, 3.05) is 13.1 Å². The van der Waals surface area contributed by atoms with Gasteiger partial charge < -0.3 is 4.90 Å². The van der Waals surface area contributed by atoms with Crippen molar-refractivity contribution in [3.8, 4) is 11.3 Å². The molecule has 2 aromatic carbocycles. The summed E-state index contributed by atoms with van der Waals surface area (Å²) >= 11 is 6.29. The van der Waals surface area contributed by atoms with Gasteiger partial charge in [-0.3, -0.25) is 9.48 Å². The third-order valence-electron chi connectivity index (χ3n) is 5.60. The summed E-state index contributed by atoms with van der Waals surface area (Å²) < 4.78 is 1.92. The highest BCUT2D eigenvalue weighted by Crippen LogP contribution is 2.33. The highest BCUT2D eigenvalue weighted by Gasteiger charge is 2.28. The standard InChI is InChI=1S/C23H26ClN3O/c1-2-20(23(28)26-14-8-3-4-9-15-26)27-21-13-12-18(24)16-19(21)22(25-27)17-10-6-5-7-11-17/h5-7,10-13,16,20H,2-4,8-9,14-15H2,1H3/t20-/m1/s1. The number of hydrogen-bond acceptors (Lipinski definition) is 2. The average Bonchev–Trinajstić information content (AvgIpc) is 2.90. The zero-order valence-electron chi connectivity index (χ0n) is 16.3. The molecule has 1 aliphatic rings. The molecule has 0 bridgehead atoms. The highest BCUT2D eigenvalue weighted by atomic mass is 35.5. The smallest absolute Gasteiger partial charge is 0.247 e. The van der Waals surface area contributed by atoms with E-state index in [1.54, 1.807) is 0 Å². The molecule has 0 unspecified atom stereocenters. The van der Waals surface area contributed by atoms with Crippen molar-refractivity contribution in [2.24, 2.45) is 0 Å². The van der Waals surface area contributed by atoms with Gasteiger partial charge in [0.05, 0.1) is 5.52 Å². The summed E-state index contributed by atoms with van der Waals surface area (Å²) in [4.78, 5) is 15.4. The van der Waals surface area contributed by atoms with Crippen LogP contribution in [-0.4, -0.2) is 33.7 Å². The lowest BCUT2D eigenvalue weighted by molar-refractivity contribution is -0.135. The Morgan fingerprint density at radius 2 is 1.79 bits per heavy atom. The lowest BCUT2D eigenvalue weighted by atomic mass is 10.1. The van der Waals surface area contributed by atoms with E-state index in [0.29, 0.717) is 11.4 Å². The van der Waals surface area contributed by atoms with Crippen LogP contribution in [0, 0.1) is 0 Å². The number of likely N-dealkylation sites (tertiary alicyclic amines) is 1. The highest BCUT2D eigenvalue weighted by molar-refractivity contribution is 6.31. The molecule has 1 saturated heterocycles. The zero-order chi connectivity index (χ0) is 19.5. The molecule has 1 aliphatic heterocycles. The van der Waals surface area contributed by atoms with Crippen LogP contribution in [0.25, 0.3) is 22.2 Å². The van der Waals surface area contributed by atoms with Gasteiger partial charge in [0.25, 0.3) is 0 Å². The van der Waals surface area contributed by atoms with E-state index < -0.39 is 0 Å². The van der Waals surface area contributed by atoms with E-state index in [1.165, 1.54) is 12.8 Å². The van der Waals surface area contributed by atoms with E-state index in [1.807, 2.05) is 58.1 Å². The van der Waals surface area contributed by atoms with Crippen LogP contribution in [-0.2, 0) is 4.79 Å². The van der Waals surface area contributed by atoms with Crippen LogP contribution in [0.2, 0.25) is 5.02 Å². The van der Waals surface area contributed by atoms with Gasteiger partial charge in [-0.1, -0.05) is 61.7 Å². The number of rotatable bonds is 4. The lowest BCUT2D eigenvalue weighted by Gasteiger charge is -2.26. The Morgan fingerprint density at radius 3 is 2.46 bits per heavy atom. The van der Waals surface area contributed by atoms with E-state index in [2.05, 4.69) is 6.92 Å². The Morgan fingerprint density at radius 1 is 1.07 bits per heavy atom. The summed E-state index contributed by atoms with van der Waals surface area (Å²) in [5, 5.41) is 6.59. The second-order valence-corrected chi connectivity index (χ2v) is 7.92. The minimum Gasteiger partial charge on any atom is -0.341 e. The van der Waals surface area contributed by atoms with Gasteiger partial charge in [-0.2, -0.15) is 5.10 Å². The molecule has 146 valence electrons. The summed E-state index contributed by atoms with van der Waals surface area (Å²) in [6.07, 6.45) is 5.31. The maximum absolute atomic E-state index is 13.4.